The average Bonchev–Trinajstić information content (AvgIpc) is 2.70. The molecule has 0 saturated carbocycles. The second kappa shape index (κ2) is 9.23. The van der Waals surface area contributed by atoms with Crippen molar-refractivity contribution in [2.75, 3.05) is 0 Å². The van der Waals surface area contributed by atoms with E-state index >= 15 is 0 Å². The molecule has 0 aromatic heterocycles. The molecule has 0 heterocycles. The van der Waals surface area contributed by atoms with Crippen LogP contribution in [0.4, 0.5) is 5.69 Å². The van der Waals surface area contributed by atoms with Crippen LogP contribution in [0.5, 0.6) is 0 Å². The number of rotatable bonds is 7. The number of aryl methyl sites for hydroxylation is 1. The first-order chi connectivity index (χ1) is 12.9. The third-order valence-electron chi connectivity index (χ3n) is 3.90. The number of nitrogens with zero attached hydrogens (tertiary/aromatic N) is 1. The van der Waals surface area contributed by atoms with Crippen molar-refractivity contribution in [1.29, 1.82) is 0 Å². The normalized spacial score (nSPS) is 10.1. The lowest BCUT2D eigenvalue weighted by atomic mass is 10.0. The summed E-state index contributed by atoms with van der Waals surface area (Å²) in [6, 6.07) is 12.3. The van der Waals surface area contributed by atoms with Crippen molar-refractivity contribution in [3.63, 3.8) is 0 Å². The Morgan fingerprint density at radius 3 is 2.30 bits per heavy atom. The van der Waals surface area contributed by atoms with Gasteiger partial charge in [0.2, 0.25) is 5.91 Å². The summed E-state index contributed by atoms with van der Waals surface area (Å²) in [5, 5.41) is 10.7. The van der Waals surface area contributed by atoms with Crippen molar-refractivity contribution in [1.82, 2.24) is 10.9 Å². The van der Waals surface area contributed by atoms with E-state index in [2.05, 4.69) is 10.9 Å². The number of benzene rings is 2. The first-order valence-corrected chi connectivity index (χ1v) is 8.36. The summed E-state index contributed by atoms with van der Waals surface area (Å²) in [4.78, 5) is 45.9. The Balaban J connectivity index is 1.81. The van der Waals surface area contributed by atoms with Crippen molar-refractivity contribution >= 4 is 23.3 Å². The van der Waals surface area contributed by atoms with Crippen LogP contribution in [0, 0.1) is 10.1 Å². The number of amides is 2. The number of carbonyl (C=O) groups is 3. The molecular formula is C19H19N3O5. The number of nitrogens with one attached hydrogen (secondary N) is 2. The number of ketones is 1. The van der Waals surface area contributed by atoms with Gasteiger partial charge in [0.15, 0.2) is 5.78 Å². The van der Waals surface area contributed by atoms with Crippen LogP contribution in [0.25, 0.3) is 0 Å². The lowest BCUT2D eigenvalue weighted by Crippen LogP contribution is -2.41. The summed E-state index contributed by atoms with van der Waals surface area (Å²) in [7, 11) is 0. The Kier molecular flexibility index (Phi) is 6.76. The minimum absolute atomic E-state index is 0.00395. The maximum absolute atomic E-state index is 12.1. The average molecular weight is 369 g/mol. The molecule has 0 aliphatic rings. The highest BCUT2D eigenvalue weighted by Gasteiger charge is 2.13. The Hall–Kier alpha value is -3.55. The van der Waals surface area contributed by atoms with E-state index in [1.165, 1.54) is 18.2 Å². The zero-order valence-corrected chi connectivity index (χ0v) is 14.7. The zero-order valence-electron chi connectivity index (χ0n) is 14.7. The van der Waals surface area contributed by atoms with E-state index in [-0.39, 0.29) is 29.9 Å². The Morgan fingerprint density at radius 1 is 0.963 bits per heavy atom. The first-order valence-electron chi connectivity index (χ1n) is 8.36. The molecule has 2 aromatic rings. The number of nitro benzene ring substituents is 1. The maximum atomic E-state index is 12.1. The second-order valence-electron chi connectivity index (χ2n) is 5.78. The molecule has 0 atom stereocenters. The predicted octanol–water partition coefficient (Wildman–Crippen LogP) is 2.58. The standard InChI is InChI=1S/C19H19N3O5/c1-2-13-6-8-14(9-7-13)17(23)10-11-18(24)20-21-19(25)15-4-3-5-16(12-15)22(26)27/h3-9,12H,2,10-11H2,1H3,(H,20,24)(H,21,25). The number of carbonyl (C=O) groups excluding carboxylic acids is 3. The molecule has 2 aromatic carbocycles. The molecule has 0 spiro atoms. The van der Waals surface area contributed by atoms with Crippen molar-refractivity contribution in [2.24, 2.45) is 0 Å². The van der Waals surface area contributed by atoms with Gasteiger partial charge >= 0.3 is 0 Å². The van der Waals surface area contributed by atoms with Crippen LogP contribution in [0.3, 0.4) is 0 Å². The number of hydrogen-bond donors (Lipinski definition) is 2. The van der Waals surface area contributed by atoms with Gasteiger partial charge in [0.25, 0.3) is 11.6 Å². The van der Waals surface area contributed by atoms with E-state index in [9.17, 15) is 24.5 Å². The lowest BCUT2D eigenvalue weighted by Gasteiger charge is -2.07. The third-order valence-corrected chi connectivity index (χ3v) is 3.90. The van der Waals surface area contributed by atoms with Gasteiger partial charge in [-0.2, -0.15) is 0 Å². The van der Waals surface area contributed by atoms with Crippen LogP contribution in [-0.2, 0) is 11.2 Å². The molecule has 8 heteroatoms. The molecule has 140 valence electrons. The highest BCUT2D eigenvalue weighted by Crippen LogP contribution is 2.13. The quantitative estimate of drug-likeness (QED) is 0.442. The zero-order chi connectivity index (χ0) is 19.8. The van der Waals surface area contributed by atoms with Gasteiger partial charge in [-0.1, -0.05) is 37.3 Å². The highest BCUT2D eigenvalue weighted by atomic mass is 16.6. The number of non-ortho nitro benzene ring substituents is 1. The smallest absolute Gasteiger partial charge is 0.270 e. The predicted molar refractivity (Wildman–Crippen MR) is 98.1 cm³/mol. The van der Waals surface area contributed by atoms with Crippen LogP contribution in [0.2, 0.25) is 0 Å². The largest absolute Gasteiger partial charge is 0.294 e. The molecule has 0 radical (unpaired) electrons. The molecule has 2 rings (SSSR count). The molecular weight excluding hydrogens is 350 g/mol. The van der Waals surface area contributed by atoms with Crippen molar-refractivity contribution < 1.29 is 19.3 Å². The van der Waals surface area contributed by atoms with Gasteiger partial charge in [0, 0.05) is 36.1 Å². The molecule has 8 nitrogen and oxygen atoms in total. The van der Waals surface area contributed by atoms with E-state index in [0.717, 1.165) is 18.1 Å². The third kappa shape index (κ3) is 5.74. The molecule has 0 aliphatic carbocycles. The molecule has 0 saturated heterocycles. The van der Waals surface area contributed by atoms with E-state index < -0.39 is 16.7 Å². The van der Waals surface area contributed by atoms with Crippen LogP contribution >= 0.6 is 0 Å². The second-order valence-corrected chi connectivity index (χ2v) is 5.78. The van der Waals surface area contributed by atoms with Crippen LogP contribution in [0.15, 0.2) is 48.5 Å². The molecule has 0 aliphatic heterocycles. The number of hydrazine groups is 1. The van der Waals surface area contributed by atoms with E-state index in [4.69, 9.17) is 0 Å². The van der Waals surface area contributed by atoms with Gasteiger partial charge in [0.1, 0.15) is 0 Å². The van der Waals surface area contributed by atoms with Crippen LogP contribution in [-0.4, -0.2) is 22.5 Å². The minimum Gasteiger partial charge on any atom is -0.294 e. The molecule has 27 heavy (non-hydrogen) atoms. The fourth-order valence-electron chi connectivity index (χ4n) is 2.32. The van der Waals surface area contributed by atoms with Gasteiger partial charge in [0.05, 0.1) is 4.92 Å². The summed E-state index contributed by atoms with van der Waals surface area (Å²) in [6.07, 6.45) is 0.786. The fraction of sp³-hybridized carbons (Fsp3) is 0.211. The summed E-state index contributed by atoms with van der Waals surface area (Å²) in [5.41, 5.74) is 5.82. The molecule has 0 bridgehead atoms. The van der Waals surface area contributed by atoms with Gasteiger partial charge in [-0.25, -0.2) is 0 Å². The van der Waals surface area contributed by atoms with E-state index in [1.807, 2.05) is 19.1 Å². The van der Waals surface area contributed by atoms with E-state index in [1.54, 1.807) is 12.1 Å². The monoisotopic (exact) mass is 369 g/mol. The van der Waals surface area contributed by atoms with Gasteiger partial charge in [-0.3, -0.25) is 35.3 Å². The summed E-state index contributed by atoms with van der Waals surface area (Å²) < 4.78 is 0. The Bertz CT molecular complexity index is 862. The maximum Gasteiger partial charge on any atom is 0.270 e. The van der Waals surface area contributed by atoms with Crippen molar-refractivity contribution in [3.8, 4) is 0 Å². The molecule has 2 amide bonds. The fourth-order valence-corrected chi connectivity index (χ4v) is 2.32. The van der Waals surface area contributed by atoms with E-state index in [0.29, 0.717) is 5.56 Å². The molecule has 0 unspecified atom stereocenters. The molecule has 2 N–H and O–H groups in total. The number of Topliss-reactive ketones (excluding diaryl/α,β-unsaturated/α-hetero) is 1. The van der Waals surface area contributed by atoms with Gasteiger partial charge < -0.3 is 0 Å². The van der Waals surface area contributed by atoms with Crippen LogP contribution < -0.4 is 10.9 Å². The minimum atomic E-state index is -0.687. The van der Waals surface area contributed by atoms with Gasteiger partial charge in [-0.05, 0) is 18.1 Å². The number of nitro groups is 1. The van der Waals surface area contributed by atoms with Crippen molar-refractivity contribution in [3.05, 3.63) is 75.3 Å². The summed E-state index contributed by atoms with van der Waals surface area (Å²) in [6.45, 7) is 2.02. The highest BCUT2D eigenvalue weighted by molar-refractivity contribution is 5.99. The summed E-state index contributed by atoms with van der Waals surface area (Å²) in [5.74, 6) is -1.39. The Labute approximate surface area is 155 Å². The molecule has 0 fully saturated rings. The van der Waals surface area contributed by atoms with Gasteiger partial charge in [-0.15, -0.1) is 0 Å². The topological polar surface area (TPSA) is 118 Å². The first kappa shape index (κ1) is 19.8. The summed E-state index contributed by atoms with van der Waals surface area (Å²) >= 11 is 0. The lowest BCUT2D eigenvalue weighted by molar-refractivity contribution is -0.384. The SMILES string of the molecule is CCc1ccc(C(=O)CCC(=O)NNC(=O)c2cccc([N+](=O)[O-])c2)cc1. The Morgan fingerprint density at radius 2 is 1.67 bits per heavy atom. The number of hydrogen-bond acceptors (Lipinski definition) is 5. The van der Waals surface area contributed by atoms with Crippen molar-refractivity contribution in [2.45, 2.75) is 26.2 Å². The van der Waals surface area contributed by atoms with Crippen LogP contribution in [0.1, 0.15) is 46.0 Å².